The molecule has 3 aromatic carbocycles. The number of hydrogen-bond donors (Lipinski definition) is 3. The predicted octanol–water partition coefficient (Wildman–Crippen LogP) is 2.56. The van der Waals surface area contributed by atoms with Gasteiger partial charge in [0.1, 0.15) is 6.04 Å². The van der Waals surface area contributed by atoms with E-state index in [-0.39, 0.29) is 18.9 Å². The van der Waals surface area contributed by atoms with Crippen LogP contribution in [0.3, 0.4) is 0 Å². The van der Waals surface area contributed by atoms with E-state index in [1.807, 2.05) is 18.2 Å². The van der Waals surface area contributed by atoms with Crippen molar-refractivity contribution < 1.29 is 19.2 Å². The van der Waals surface area contributed by atoms with Crippen molar-refractivity contribution in [3.8, 4) is 0 Å². The van der Waals surface area contributed by atoms with E-state index >= 15 is 0 Å². The van der Waals surface area contributed by atoms with Crippen LogP contribution in [0.2, 0.25) is 0 Å². The number of benzene rings is 3. The maximum Gasteiger partial charge on any atom is 0.287 e. The third kappa shape index (κ3) is 5.98. The highest BCUT2D eigenvalue weighted by atomic mass is 16.2. The van der Waals surface area contributed by atoms with E-state index in [1.165, 1.54) is 0 Å². The van der Waals surface area contributed by atoms with Crippen LogP contribution in [0.4, 0.5) is 0 Å². The van der Waals surface area contributed by atoms with Crippen LogP contribution in [-0.4, -0.2) is 34.5 Å². The van der Waals surface area contributed by atoms with Gasteiger partial charge in [0.15, 0.2) is 0 Å². The maximum atomic E-state index is 12.8. The zero-order valence-electron chi connectivity index (χ0n) is 19.3. The number of amides is 3. The van der Waals surface area contributed by atoms with Gasteiger partial charge in [-0.25, -0.2) is 0 Å². The Bertz CT molecular complexity index is 1420. The summed E-state index contributed by atoms with van der Waals surface area (Å²) < 4.78 is 0. The van der Waals surface area contributed by atoms with Crippen molar-refractivity contribution in [2.45, 2.75) is 19.0 Å². The summed E-state index contributed by atoms with van der Waals surface area (Å²) in [6, 6.07) is 23.6. The molecule has 1 heterocycles. The number of hydrogen-bond acceptors (Lipinski definition) is 5. The predicted molar refractivity (Wildman–Crippen MR) is 135 cm³/mol. The van der Waals surface area contributed by atoms with Gasteiger partial charge in [0, 0.05) is 35.7 Å². The highest BCUT2D eigenvalue weighted by Gasteiger charge is 2.25. The molecule has 1 aromatic heterocycles. The molecule has 0 aliphatic rings. The molecule has 1 atom stereocenters. The molecule has 0 unspecified atom stereocenters. The smallest absolute Gasteiger partial charge is 0.287 e. The number of pyridine rings is 1. The summed E-state index contributed by atoms with van der Waals surface area (Å²) in [7, 11) is 0. The molecule has 4 rings (SSSR count). The van der Waals surface area contributed by atoms with Crippen LogP contribution >= 0.6 is 0 Å². The molecular weight excluding hydrogens is 456 g/mol. The first-order chi connectivity index (χ1) is 17.4. The van der Waals surface area contributed by atoms with Gasteiger partial charge < -0.3 is 16.4 Å². The Morgan fingerprint density at radius 1 is 0.778 bits per heavy atom. The second-order valence-electron chi connectivity index (χ2n) is 8.23. The largest absolute Gasteiger partial charge is 0.363 e. The molecule has 36 heavy (non-hydrogen) atoms. The van der Waals surface area contributed by atoms with E-state index in [0.29, 0.717) is 11.1 Å². The molecule has 0 radical (unpaired) electrons. The lowest BCUT2D eigenvalue weighted by atomic mass is 10.0. The van der Waals surface area contributed by atoms with Gasteiger partial charge in [-0.2, -0.15) is 0 Å². The van der Waals surface area contributed by atoms with E-state index in [9.17, 15) is 19.2 Å². The number of nitrogens with one attached hydrogen (secondary N) is 2. The van der Waals surface area contributed by atoms with Crippen molar-refractivity contribution in [2.24, 2.45) is 5.73 Å². The second kappa shape index (κ2) is 11.1. The standard InChI is InChI=1S/C28H24N4O4/c29-26(34)25(33)24(15-18-5-2-1-3-6-18)32-28(36)20-10-8-19(9-11-20)17-31-27(35)22-12-13-23-21(16-22)7-4-14-30-23/h1-14,16,24H,15,17H2,(H2,29,34)(H,31,35)(H,32,36)/t24-/m0/s1. The van der Waals surface area contributed by atoms with E-state index in [0.717, 1.165) is 22.0 Å². The number of primary amides is 1. The van der Waals surface area contributed by atoms with Crippen LogP contribution in [0, 0.1) is 0 Å². The van der Waals surface area contributed by atoms with Crippen molar-refractivity contribution in [1.82, 2.24) is 15.6 Å². The fourth-order valence-corrected chi connectivity index (χ4v) is 3.75. The number of rotatable bonds is 9. The third-order valence-corrected chi connectivity index (χ3v) is 5.68. The summed E-state index contributed by atoms with van der Waals surface area (Å²) in [5, 5.41) is 6.34. The SMILES string of the molecule is NC(=O)C(=O)[C@H](Cc1ccccc1)NC(=O)c1ccc(CNC(=O)c2ccc3ncccc3c2)cc1. The molecule has 0 aliphatic carbocycles. The normalized spacial score (nSPS) is 11.4. The zero-order valence-corrected chi connectivity index (χ0v) is 19.3. The number of fused-ring (bicyclic) bond motifs is 1. The first kappa shape index (κ1) is 24.3. The summed E-state index contributed by atoms with van der Waals surface area (Å²) in [4.78, 5) is 53.3. The number of carbonyl (C=O) groups is 4. The number of carbonyl (C=O) groups excluding carboxylic acids is 4. The zero-order chi connectivity index (χ0) is 25.5. The molecule has 8 heteroatoms. The number of nitrogens with zero attached hydrogens (tertiary/aromatic N) is 1. The van der Waals surface area contributed by atoms with Crippen LogP contribution in [0.1, 0.15) is 31.8 Å². The minimum Gasteiger partial charge on any atom is -0.363 e. The molecule has 0 fully saturated rings. The molecule has 8 nitrogen and oxygen atoms in total. The average molecular weight is 481 g/mol. The molecule has 4 aromatic rings. The number of aromatic nitrogens is 1. The molecule has 4 N–H and O–H groups in total. The van der Waals surface area contributed by atoms with Gasteiger partial charge in [-0.15, -0.1) is 0 Å². The second-order valence-corrected chi connectivity index (χ2v) is 8.23. The quantitative estimate of drug-likeness (QED) is 0.317. The Kier molecular flexibility index (Phi) is 7.45. The van der Waals surface area contributed by atoms with Gasteiger partial charge in [-0.1, -0.05) is 48.5 Å². The summed E-state index contributed by atoms with van der Waals surface area (Å²) in [6.07, 6.45) is 1.84. The first-order valence-corrected chi connectivity index (χ1v) is 11.3. The maximum absolute atomic E-state index is 12.8. The molecule has 0 spiro atoms. The van der Waals surface area contributed by atoms with Crippen molar-refractivity contribution in [3.63, 3.8) is 0 Å². The Labute approximate surface area is 207 Å². The lowest BCUT2D eigenvalue weighted by Crippen LogP contribution is -2.47. The van der Waals surface area contributed by atoms with Crippen LogP contribution in [0.5, 0.6) is 0 Å². The van der Waals surface area contributed by atoms with Crippen LogP contribution in [0.25, 0.3) is 10.9 Å². The molecular formula is C28H24N4O4. The summed E-state index contributed by atoms with van der Waals surface area (Å²) in [5.41, 5.74) is 8.39. The van der Waals surface area contributed by atoms with Crippen LogP contribution in [-0.2, 0) is 22.6 Å². The monoisotopic (exact) mass is 480 g/mol. The lowest BCUT2D eigenvalue weighted by Gasteiger charge is -2.16. The highest BCUT2D eigenvalue weighted by molar-refractivity contribution is 6.38. The minimum absolute atomic E-state index is 0.142. The van der Waals surface area contributed by atoms with Crippen molar-refractivity contribution >= 4 is 34.4 Å². The number of Topliss-reactive ketones (excluding diaryl/α,β-unsaturated/α-hetero) is 1. The van der Waals surface area contributed by atoms with Gasteiger partial charge in [0.25, 0.3) is 17.7 Å². The Hall–Kier alpha value is -4.85. The molecule has 0 bridgehead atoms. The minimum atomic E-state index is -1.11. The Morgan fingerprint density at radius 3 is 2.22 bits per heavy atom. The van der Waals surface area contributed by atoms with Gasteiger partial charge in [-0.05, 0) is 47.5 Å². The Morgan fingerprint density at radius 2 is 1.50 bits per heavy atom. The first-order valence-electron chi connectivity index (χ1n) is 11.3. The summed E-state index contributed by atoms with van der Waals surface area (Å²) in [5.74, 6) is -2.71. The molecule has 0 saturated carbocycles. The van der Waals surface area contributed by atoms with Crippen molar-refractivity contribution in [3.05, 3.63) is 113 Å². The summed E-state index contributed by atoms with van der Waals surface area (Å²) >= 11 is 0. The lowest BCUT2D eigenvalue weighted by molar-refractivity contribution is -0.137. The Balaban J connectivity index is 1.37. The molecule has 0 saturated heterocycles. The van der Waals surface area contributed by atoms with E-state index < -0.39 is 23.6 Å². The molecule has 3 amide bonds. The number of ketones is 1. The fraction of sp³-hybridized carbons (Fsp3) is 0.107. The van der Waals surface area contributed by atoms with Crippen molar-refractivity contribution in [2.75, 3.05) is 0 Å². The number of nitrogens with two attached hydrogens (primary N) is 1. The van der Waals surface area contributed by atoms with Gasteiger partial charge in [0.2, 0.25) is 5.78 Å². The topological polar surface area (TPSA) is 131 Å². The van der Waals surface area contributed by atoms with E-state index in [2.05, 4.69) is 15.6 Å². The molecule has 180 valence electrons. The fourth-order valence-electron chi connectivity index (χ4n) is 3.75. The van der Waals surface area contributed by atoms with Gasteiger partial charge >= 0.3 is 0 Å². The van der Waals surface area contributed by atoms with Crippen molar-refractivity contribution in [1.29, 1.82) is 0 Å². The van der Waals surface area contributed by atoms with Crippen LogP contribution in [0.15, 0.2) is 91.1 Å². The highest BCUT2D eigenvalue weighted by Crippen LogP contribution is 2.14. The third-order valence-electron chi connectivity index (χ3n) is 5.68. The van der Waals surface area contributed by atoms with E-state index in [1.54, 1.807) is 72.9 Å². The van der Waals surface area contributed by atoms with Gasteiger partial charge in [0.05, 0.1) is 5.52 Å². The van der Waals surface area contributed by atoms with Crippen LogP contribution < -0.4 is 16.4 Å². The summed E-state index contributed by atoms with van der Waals surface area (Å²) in [6.45, 7) is 0.266. The van der Waals surface area contributed by atoms with E-state index in [4.69, 9.17) is 5.73 Å². The average Bonchev–Trinajstić information content (AvgIpc) is 2.91. The van der Waals surface area contributed by atoms with Gasteiger partial charge in [-0.3, -0.25) is 24.2 Å². The molecule has 0 aliphatic heterocycles.